The molecule has 0 bridgehead atoms. The fourth-order valence-electron chi connectivity index (χ4n) is 3.00. The number of aromatic nitrogens is 2. The Balaban J connectivity index is 2.19. The molecule has 2 heterocycles. The maximum absolute atomic E-state index is 13.1. The minimum atomic E-state index is -0.0319. The third-order valence-electron chi connectivity index (χ3n) is 4.38. The van der Waals surface area contributed by atoms with E-state index in [0.717, 1.165) is 34.6 Å². The Labute approximate surface area is 152 Å². The van der Waals surface area contributed by atoms with Crippen LogP contribution >= 0.6 is 11.3 Å². The molecule has 0 amide bonds. The van der Waals surface area contributed by atoms with Gasteiger partial charge in [0, 0.05) is 17.4 Å². The summed E-state index contributed by atoms with van der Waals surface area (Å²) in [5, 5.41) is 2.71. The van der Waals surface area contributed by atoms with Crippen LogP contribution in [0, 0.1) is 12.3 Å². The van der Waals surface area contributed by atoms with E-state index in [2.05, 4.69) is 51.0 Å². The van der Waals surface area contributed by atoms with Crippen molar-refractivity contribution in [1.29, 1.82) is 0 Å². The Morgan fingerprint density at radius 2 is 2.00 bits per heavy atom. The third-order valence-corrected chi connectivity index (χ3v) is 5.26. The quantitative estimate of drug-likeness (QED) is 0.618. The molecular formula is C21H22N2OS. The minimum Gasteiger partial charge on any atom is -0.284 e. The lowest BCUT2D eigenvalue weighted by Crippen LogP contribution is -2.24. The number of hydrogen-bond donors (Lipinski definition) is 0. The average Bonchev–Trinajstić information content (AvgIpc) is 3.02. The lowest BCUT2D eigenvalue weighted by atomic mass is 9.99. The Morgan fingerprint density at radius 1 is 1.28 bits per heavy atom. The van der Waals surface area contributed by atoms with E-state index in [1.807, 2.05) is 5.38 Å². The predicted octanol–water partition coefficient (Wildman–Crippen LogP) is 4.83. The molecule has 0 atom stereocenters. The first-order valence-electron chi connectivity index (χ1n) is 8.61. The van der Waals surface area contributed by atoms with Crippen LogP contribution in [0.1, 0.15) is 44.5 Å². The molecule has 2 aromatic heterocycles. The third kappa shape index (κ3) is 3.25. The summed E-state index contributed by atoms with van der Waals surface area (Å²) in [6.45, 7) is 6.69. The van der Waals surface area contributed by atoms with Gasteiger partial charge < -0.3 is 0 Å². The van der Waals surface area contributed by atoms with Crippen molar-refractivity contribution in [2.24, 2.45) is 0 Å². The molecule has 25 heavy (non-hydrogen) atoms. The van der Waals surface area contributed by atoms with Gasteiger partial charge in [0.1, 0.15) is 10.7 Å². The van der Waals surface area contributed by atoms with Gasteiger partial charge in [0.15, 0.2) is 0 Å². The van der Waals surface area contributed by atoms with Crippen LogP contribution in [0.25, 0.3) is 21.3 Å². The van der Waals surface area contributed by atoms with Crippen LogP contribution in [0.4, 0.5) is 0 Å². The molecule has 1 aromatic carbocycles. The van der Waals surface area contributed by atoms with Gasteiger partial charge in [0.2, 0.25) is 0 Å². The summed E-state index contributed by atoms with van der Waals surface area (Å²) in [7, 11) is 0. The van der Waals surface area contributed by atoms with Crippen molar-refractivity contribution in [3.63, 3.8) is 0 Å². The summed E-state index contributed by atoms with van der Waals surface area (Å²) in [5.41, 5.74) is 3.25. The highest BCUT2D eigenvalue weighted by Gasteiger charge is 2.16. The molecule has 0 fully saturated rings. The first-order chi connectivity index (χ1) is 12.1. The van der Waals surface area contributed by atoms with Crippen molar-refractivity contribution >= 4 is 21.6 Å². The number of nitrogens with zero attached hydrogens (tertiary/aromatic N) is 2. The second-order valence-electron chi connectivity index (χ2n) is 6.48. The first kappa shape index (κ1) is 17.4. The van der Waals surface area contributed by atoms with E-state index in [1.54, 1.807) is 4.57 Å². The van der Waals surface area contributed by atoms with Gasteiger partial charge >= 0.3 is 0 Å². The van der Waals surface area contributed by atoms with Crippen molar-refractivity contribution in [2.45, 2.75) is 46.1 Å². The van der Waals surface area contributed by atoms with Gasteiger partial charge in [-0.3, -0.25) is 9.36 Å². The molecule has 0 aliphatic heterocycles. The second-order valence-corrected chi connectivity index (χ2v) is 7.34. The van der Waals surface area contributed by atoms with Crippen LogP contribution in [0.5, 0.6) is 0 Å². The molecule has 3 nitrogen and oxygen atoms in total. The highest BCUT2D eigenvalue weighted by molar-refractivity contribution is 7.17. The van der Waals surface area contributed by atoms with Gasteiger partial charge in [-0.05, 0) is 23.5 Å². The lowest BCUT2D eigenvalue weighted by Gasteiger charge is -2.10. The Bertz CT molecular complexity index is 988. The molecule has 4 heteroatoms. The number of benzene rings is 1. The van der Waals surface area contributed by atoms with Gasteiger partial charge in [0.25, 0.3) is 5.56 Å². The van der Waals surface area contributed by atoms with E-state index in [9.17, 15) is 4.79 Å². The first-order valence-corrected chi connectivity index (χ1v) is 9.49. The molecule has 0 N–H and O–H groups in total. The lowest BCUT2D eigenvalue weighted by molar-refractivity contribution is 0.686. The fourth-order valence-corrected chi connectivity index (χ4v) is 3.95. The highest BCUT2D eigenvalue weighted by Crippen LogP contribution is 2.32. The van der Waals surface area contributed by atoms with Crippen LogP contribution in [0.3, 0.4) is 0 Å². The molecule has 3 aromatic rings. The Kier molecular flexibility index (Phi) is 5.06. The molecule has 128 valence electrons. The van der Waals surface area contributed by atoms with Crippen molar-refractivity contribution < 1.29 is 0 Å². The van der Waals surface area contributed by atoms with Crippen LogP contribution in [0.15, 0.2) is 34.4 Å². The standard InChI is InChI=1S/C21H22N2OS/c1-5-7-18-22-20-19(21(24)23(18)12-6-2)17(13-25-20)16-10-8-15(9-11-16)14(3)4/h2,8-11,13-14H,5,7,12H2,1,3-4H3. The second kappa shape index (κ2) is 7.25. The molecular weight excluding hydrogens is 328 g/mol. The van der Waals surface area contributed by atoms with Crippen LogP contribution in [-0.4, -0.2) is 9.55 Å². The van der Waals surface area contributed by atoms with E-state index in [0.29, 0.717) is 11.3 Å². The molecule has 0 saturated heterocycles. The predicted molar refractivity (Wildman–Crippen MR) is 106 cm³/mol. The Hall–Kier alpha value is -2.38. The number of fused-ring (bicyclic) bond motifs is 1. The molecule has 0 aliphatic carbocycles. The van der Waals surface area contributed by atoms with E-state index in [4.69, 9.17) is 11.4 Å². The van der Waals surface area contributed by atoms with E-state index >= 15 is 0 Å². The van der Waals surface area contributed by atoms with E-state index < -0.39 is 0 Å². The summed E-state index contributed by atoms with van der Waals surface area (Å²) in [6.07, 6.45) is 7.15. The van der Waals surface area contributed by atoms with Gasteiger partial charge in [-0.15, -0.1) is 17.8 Å². The average molecular weight is 350 g/mol. The van der Waals surface area contributed by atoms with E-state index in [-0.39, 0.29) is 12.1 Å². The molecule has 0 aliphatic rings. The molecule has 0 saturated carbocycles. The largest absolute Gasteiger partial charge is 0.284 e. The summed E-state index contributed by atoms with van der Waals surface area (Å²) in [5.74, 6) is 3.85. The highest BCUT2D eigenvalue weighted by atomic mass is 32.1. The Morgan fingerprint density at radius 3 is 2.60 bits per heavy atom. The molecule has 0 radical (unpaired) electrons. The van der Waals surface area contributed by atoms with Crippen LogP contribution in [0.2, 0.25) is 0 Å². The number of terminal acetylenes is 1. The maximum Gasteiger partial charge on any atom is 0.263 e. The number of aryl methyl sites for hydroxylation is 1. The normalized spacial score (nSPS) is 11.2. The fraction of sp³-hybridized carbons (Fsp3) is 0.333. The zero-order chi connectivity index (χ0) is 18.0. The molecule has 0 spiro atoms. The molecule has 3 rings (SSSR count). The van der Waals surface area contributed by atoms with Crippen molar-refractivity contribution in [3.05, 3.63) is 51.4 Å². The monoisotopic (exact) mass is 350 g/mol. The zero-order valence-corrected chi connectivity index (χ0v) is 15.7. The van der Waals surface area contributed by atoms with Gasteiger partial charge in [-0.1, -0.05) is 51.0 Å². The number of thiophene rings is 1. The smallest absolute Gasteiger partial charge is 0.263 e. The SMILES string of the molecule is C#CCn1c(CCC)nc2scc(-c3ccc(C(C)C)cc3)c2c1=O. The zero-order valence-electron chi connectivity index (χ0n) is 14.9. The number of hydrogen-bond acceptors (Lipinski definition) is 3. The summed E-state index contributed by atoms with van der Waals surface area (Å²) in [4.78, 5) is 18.6. The number of rotatable bonds is 5. The van der Waals surface area contributed by atoms with Crippen molar-refractivity contribution in [2.75, 3.05) is 0 Å². The maximum atomic E-state index is 13.1. The molecule has 0 unspecified atom stereocenters. The van der Waals surface area contributed by atoms with Crippen molar-refractivity contribution in [3.8, 4) is 23.5 Å². The van der Waals surface area contributed by atoms with Crippen molar-refractivity contribution in [1.82, 2.24) is 9.55 Å². The summed E-state index contributed by atoms with van der Waals surface area (Å²) in [6, 6.07) is 8.42. The topological polar surface area (TPSA) is 34.9 Å². The van der Waals surface area contributed by atoms with E-state index in [1.165, 1.54) is 16.9 Å². The van der Waals surface area contributed by atoms with Crippen LogP contribution in [-0.2, 0) is 13.0 Å². The van der Waals surface area contributed by atoms with Crippen LogP contribution < -0.4 is 5.56 Å². The van der Waals surface area contributed by atoms with Gasteiger partial charge in [0.05, 0.1) is 11.9 Å². The van der Waals surface area contributed by atoms with Gasteiger partial charge in [-0.2, -0.15) is 0 Å². The summed E-state index contributed by atoms with van der Waals surface area (Å²) >= 11 is 1.52. The van der Waals surface area contributed by atoms with Gasteiger partial charge in [-0.25, -0.2) is 4.98 Å². The summed E-state index contributed by atoms with van der Waals surface area (Å²) < 4.78 is 1.64. The minimum absolute atomic E-state index is 0.0319.